The van der Waals surface area contributed by atoms with Crippen molar-refractivity contribution in [2.75, 3.05) is 13.1 Å². The van der Waals surface area contributed by atoms with Crippen LogP contribution in [0.4, 0.5) is 0 Å². The number of hydrogen-bond acceptors (Lipinski definition) is 1. The summed E-state index contributed by atoms with van der Waals surface area (Å²) < 4.78 is 0. The predicted molar refractivity (Wildman–Crippen MR) is 77.0 cm³/mol. The van der Waals surface area contributed by atoms with Crippen LogP contribution in [0, 0.1) is 12.8 Å². The third-order valence-electron chi connectivity index (χ3n) is 4.40. The van der Waals surface area contributed by atoms with Crippen LogP contribution in [-0.2, 0) is 0 Å². The van der Waals surface area contributed by atoms with Crippen molar-refractivity contribution in [2.24, 2.45) is 5.92 Å². The van der Waals surface area contributed by atoms with Gasteiger partial charge in [-0.2, -0.15) is 0 Å². The van der Waals surface area contributed by atoms with E-state index in [9.17, 15) is 0 Å². The molecule has 2 nitrogen and oxygen atoms in total. The Morgan fingerprint density at radius 3 is 3.06 bits per heavy atom. The van der Waals surface area contributed by atoms with Crippen molar-refractivity contribution in [1.29, 1.82) is 0 Å². The first-order valence-corrected chi connectivity index (χ1v) is 7.08. The van der Waals surface area contributed by atoms with Crippen LogP contribution in [0.5, 0.6) is 0 Å². The number of piperidine rings is 1. The highest BCUT2D eigenvalue weighted by molar-refractivity contribution is 5.84. The molecule has 0 bridgehead atoms. The van der Waals surface area contributed by atoms with E-state index >= 15 is 0 Å². The number of hydrogen-bond donors (Lipinski definition) is 2. The van der Waals surface area contributed by atoms with Gasteiger partial charge in [-0.1, -0.05) is 25.0 Å². The van der Waals surface area contributed by atoms with E-state index in [1.807, 2.05) is 0 Å². The van der Waals surface area contributed by atoms with E-state index in [1.54, 1.807) is 0 Å². The van der Waals surface area contributed by atoms with Crippen molar-refractivity contribution in [3.05, 3.63) is 35.5 Å². The molecule has 1 aliphatic heterocycles. The fraction of sp³-hybridized carbons (Fsp3) is 0.500. The van der Waals surface area contributed by atoms with Crippen LogP contribution in [0.25, 0.3) is 10.9 Å². The molecule has 0 aliphatic carbocycles. The van der Waals surface area contributed by atoms with E-state index in [2.05, 4.69) is 48.5 Å². The second-order valence-corrected chi connectivity index (χ2v) is 5.56. The predicted octanol–water partition coefficient (Wildman–Crippen LogP) is 3.58. The lowest BCUT2D eigenvalue weighted by molar-refractivity contribution is 0.319. The van der Waals surface area contributed by atoms with E-state index in [-0.39, 0.29) is 0 Å². The SMILES string of the molecule is CCC1CNCCC1c1c[nH]c2ccc(C)cc12. The van der Waals surface area contributed by atoms with Crippen LogP contribution in [0.3, 0.4) is 0 Å². The number of aryl methyl sites for hydroxylation is 1. The quantitative estimate of drug-likeness (QED) is 0.827. The molecule has 2 unspecified atom stereocenters. The number of rotatable bonds is 2. The van der Waals surface area contributed by atoms with Crippen LogP contribution in [0.1, 0.15) is 36.8 Å². The Labute approximate surface area is 109 Å². The molecule has 1 fully saturated rings. The van der Waals surface area contributed by atoms with Gasteiger partial charge < -0.3 is 10.3 Å². The van der Waals surface area contributed by atoms with E-state index in [0.717, 1.165) is 12.5 Å². The normalized spacial score (nSPS) is 24.6. The first kappa shape index (κ1) is 11.8. The van der Waals surface area contributed by atoms with E-state index in [0.29, 0.717) is 5.92 Å². The molecule has 2 heteroatoms. The standard InChI is InChI=1S/C16H22N2/c1-3-12-9-17-7-6-13(12)15-10-18-16-5-4-11(2)8-14(15)16/h4-5,8,10,12-13,17-18H,3,6-7,9H2,1-2H3. The zero-order chi connectivity index (χ0) is 12.5. The summed E-state index contributed by atoms with van der Waals surface area (Å²) in [7, 11) is 0. The molecule has 2 heterocycles. The molecule has 0 saturated carbocycles. The summed E-state index contributed by atoms with van der Waals surface area (Å²) in [6.07, 6.45) is 4.76. The molecule has 96 valence electrons. The molecule has 1 saturated heterocycles. The summed E-state index contributed by atoms with van der Waals surface area (Å²) in [5.74, 6) is 1.49. The summed E-state index contributed by atoms with van der Waals surface area (Å²) in [4.78, 5) is 3.44. The van der Waals surface area contributed by atoms with Crippen LogP contribution >= 0.6 is 0 Å². The molecular formula is C16H22N2. The molecule has 2 N–H and O–H groups in total. The molecule has 2 atom stereocenters. The van der Waals surface area contributed by atoms with Gasteiger partial charge in [0.2, 0.25) is 0 Å². The summed E-state index contributed by atoms with van der Waals surface area (Å²) in [5.41, 5.74) is 4.16. The third-order valence-corrected chi connectivity index (χ3v) is 4.40. The Bertz CT molecular complexity index is 541. The number of benzene rings is 1. The number of aromatic amines is 1. The lowest BCUT2D eigenvalue weighted by Gasteiger charge is -2.31. The molecule has 0 spiro atoms. The Morgan fingerprint density at radius 2 is 2.22 bits per heavy atom. The molecule has 1 aliphatic rings. The van der Waals surface area contributed by atoms with Gasteiger partial charge in [0.15, 0.2) is 0 Å². The monoisotopic (exact) mass is 242 g/mol. The van der Waals surface area contributed by atoms with Crippen molar-refractivity contribution < 1.29 is 0 Å². The lowest BCUT2D eigenvalue weighted by Crippen LogP contribution is -2.34. The van der Waals surface area contributed by atoms with Crippen LogP contribution in [0.15, 0.2) is 24.4 Å². The second-order valence-electron chi connectivity index (χ2n) is 5.56. The van der Waals surface area contributed by atoms with Crippen molar-refractivity contribution >= 4 is 10.9 Å². The van der Waals surface area contributed by atoms with E-state index in [4.69, 9.17) is 0 Å². The average Bonchev–Trinajstić information content (AvgIpc) is 2.81. The summed E-state index contributed by atoms with van der Waals surface area (Å²) in [6.45, 7) is 6.81. The minimum absolute atomic E-state index is 0.715. The molecule has 0 radical (unpaired) electrons. The van der Waals surface area contributed by atoms with Crippen molar-refractivity contribution in [2.45, 2.75) is 32.6 Å². The largest absolute Gasteiger partial charge is 0.361 e. The number of H-pyrrole nitrogens is 1. The van der Waals surface area contributed by atoms with Gasteiger partial charge in [0.25, 0.3) is 0 Å². The highest BCUT2D eigenvalue weighted by Crippen LogP contribution is 2.36. The minimum atomic E-state index is 0.715. The number of fused-ring (bicyclic) bond motifs is 1. The smallest absolute Gasteiger partial charge is 0.0457 e. The van der Waals surface area contributed by atoms with Gasteiger partial charge in [-0.3, -0.25) is 0 Å². The maximum atomic E-state index is 3.53. The van der Waals surface area contributed by atoms with Crippen molar-refractivity contribution in [3.8, 4) is 0 Å². The zero-order valence-electron chi connectivity index (χ0n) is 11.3. The molecule has 1 aromatic carbocycles. The van der Waals surface area contributed by atoms with Crippen molar-refractivity contribution in [1.82, 2.24) is 10.3 Å². The summed E-state index contributed by atoms with van der Waals surface area (Å²) >= 11 is 0. The Morgan fingerprint density at radius 1 is 1.33 bits per heavy atom. The zero-order valence-corrected chi connectivity index (χ0v) is 11.3. The lowest BCUT2D eigenvalue weighted by atomic mass is 9.79. The van der Waals surface area contributed by atoms with Crippen LogP contribution in [0.2, 0.25) is 0 Å². The van der Waals surface area contributed by atoms with E-state index < -0.39 is 0 Å². The maximum absolute atomic E-state index is 3.53. The van der Waals surface area contributed by atoms with Gasteiger partial charge in [-0.15, -0.1) is 0 Å². The topological polar surface area (TPSA) is 27.8 Å². The highest BCUT2D eigenvalue weighted by atomic mass is 14.9. The molecule has 1 aromatic heterocycles. The minimum Gasteiger partial charge on any atom is -0.361 e. The van der Waals surface area contributed by atoms with Gasteiger partial charge in [0.1, 0.15) is 0 Å². The highest BCUT2D eigenvalue weighted by Gasteiger charge is 2.26. The number of nitrogens with one attached hydrogen (secondary N) is 2. The Kier molecular flexibility index (Phi) is 3.13. The molecular weight excluding hydrogens is 220 g/mol. The molecule has 3 rings (SSSR count). The van der Waals surface area contributed by atoms with Crippen LogP contribution in [-0.4, -0.2) is 18.1 Å². The Hall–Kier alpha value is -1.28. The van der Waals surface area contributed by atoms with E-state index in [1.165, 1.54) is 41.4 Å². The average molecular weight is 242 g/mol. The Balaban J connectivity index is 2.04. The third kappa shape index (κ3) is 1.95. The molecule has 0 amide bonds. The first-order chi connectivity index (χ1) is 8.79. The maximum Gasteiger partial charge on any atom is 0.0457 e. The fourth-order valence-corrected chi connectivity index (χ4v) is 3.32. The van der Waals surface area contributed by atoms with Crippen molar-refractivity contribution in [3.63, 3.8) is 0 Å². The van der Waals surface area contributed by atoms with Gasteiger partial charge >= 0.3 is 0 Å². The molecule has 2 aromatic rings. The van der Waals surface area contributed by atoms with Gasteiger partial charge in [0, 0.05) is 17.1 Å². The second kappa shape index (κ2) is 4.77. The van der Waals surface area contributed by atoms with Gasteiger partial charge in [-0.05, 0) is 56.0 Å². The number of aromatic nitrogens is 1. The first-order valence-electron chi connectivity index (χ1n) is 7.08. The summed E-state index contributed by atoms with van der Waals surface area (Å²) in [6, 6.07) is 6.72. The summed E-state index contributed by atoms with van der Waals surface area (Å²) in [5, 5.41) is 4.96. The van der Waals surface area contributed by atoms with Crippen LogP contribution < -0.4 is 5.32 Å². The van der Waals surface area contributed by atoms with Gasteiger partial charge in [-0.25, -0.2) is 0 Å². The molecule has 18 heavy (non-hydrogen) atoms. The fourth-order valence-electron chi connectivity index (χ4n) is 3.32. The van der Waals surface area contributed by atoms with Gasteiger partial charge in [0.05, 0.1) is 0 Å².